The molecule has 0 fully saturated rings. The van der Waals surface area contributed by atoms with Crippen molar-refractivity contribution in [2.75, 3.05) is 6.26 Å². The van der Waals surface area contributed by atoms with Gasteiger partial charge < -0.3 is 25.8 Å². The van der Waals surface area contributed by atoms with Crippen LogP contribution in [0.5, 0.6) is 0 Å². The summed E-state index contributed by atoms with van der Waals surface area (Å²) in [6, 6.07) is 15.1. The van der Waals surface area contributed by atoms with Gasteiger partial charge in [0.1, 0.15) is 24.7 Å². The van der Waals surface area contributed by atoms with Gasteiger partial charge in [0.25, 0.3) is 0 Å². The summed E-state index contributed by atoms with van der Waals surface area (Å²) in [5.74, 6) is -2.19. The second kappa shape index (κ2) is 19.2. The molecule has 11 nitrogen and oxygen atoms in total. The molecular weight excluding hydrogens is 586 g/mol. The highest BCUT2D eigenvalue weighted by Gasteiger charge is 2.30. The van der Waals surface area contributed by atoms with Gasteiger partial charge in [-0.25, -0.2) is 18.0 Å². The number of nitrogens with one attached hydrogen (secondary N) is 3. The Balaban J connectivity index is 0.00000146. The number of alkyl carbamates (subject to hydrolysis) is 1. The SMILES string of the molecule is C=CS(C)(=O)=O.CC(C)C[C@H](NC(=O)OCc1ccccc1)C(=O)N[C@@H](CC(C)C)C(=O)N[C@@H](Cc1ccccc1)C(=O)O. The van der Waals surface area contributed by atoms with E-state index in [-0.39, 0.29) is 24.9 Å². The van der Waals surface area contributed by atoms with E-state index in [1.165, 1.54) is 0 Å². The number of aliphatic carboxylic acids is 1. The van der Waals surface area contributed by atoms with Gasteiger partial charge in [-0.1, -0.05) is 94.9 Å². The molecule has 2 aromatic carbocycles. The number of carbonyl (C=O) groups excluding carboxylic acids is 3. The molecule has 0 spiro atoms. The monoisotopic (exact) mass is 631 g/mol. The maximum Gasteiger partial charge on any atom is 0.408 e. The molecule has 0 heterocycles. The fraction of sp³-hybridized carbons (Fsp3) is 0.438. The quantitative estimate of drug-likeness (QED) is 0.230. The van der Waals surface area contributed by atoms with Crippen LogP contribution in [0.15, 0.2) is 72.7 Å². The van der Waals surface area contributed by atoms with Crippen LogP contribution in [0.3, 0.4) is 0 Å². The zero-order valence-electron chi connectivity index (χ0n) is 26.0. The Kier molecular flexibility index (Phi) is 16.5. The van der Waals surface area contributed by atoms with Gasteiger partial charge in [-0.15, -0.1) is 0 Å². The Bertz CT molecular complexity index is 1300. The van der Waals surface area contributed by atoms with Crippen LogP contribution in [-0.2, 0) is 42.0 Å². The first-order chi connectivity index (χ1) is 20.6. The first-order valence-electron chi connectivity index (χ1n) is 14.3. The third-order valence-electron chi connectivity index (χ3n) is 6.07. The number of benzene rings is 2. The van der Waals surface area contributed by atoms with E-state index in [1.807, 2.05) is 64.1 Å². The second-order valence-corrected chi connectivity index (χ2v) is 13.2. The summed E-state index contributed by atoms with van der Waals surface area (Å²) >= 11 is 0. The summed E-state index contributed by atoms with van der Waals surface area (Å²) in [5, 5.41) is 18.5. The van der Waals surface area contributed by atoms with E-state index < -0.39 is 51.8 Å². The standard InChI is InChI=1S/C29H39N3O6.C3H6O2S/c1-19(2)15-23(26(33)31-25(28(35)36)17-21-11-7-5-8-12-21)30-27(34)24(16-20(3)4)32-29(37)38-18-22-13-9-6-10-14-22;1-3-6(2,4)5/h5-14,19-20,23-25H,15-18H2,1-4H3,(H,30,34)(H,31,33)(H,32,37)(H,35,36);3H,1H2,2H3/t23-,24-,25-;/m0./s1. The van der Waals surface area contributed by atoms with Crippen molar-refractivity contribution in [3.63, 3.8) is 0 Å². The predicted molar refractivity (Wildman–Crippen MR) is 169 cm³/mol. The van der Waals surface area contributed by atoms with E-state index >= 15 is 0 Å². The van der Waals surface area contributed by atoms with Gasteiger partial charge in [-0.3, -0.25) is 9.59 Å². The van der Waals surface area contributed by atoms with E-state index in [2.05, 4.69) is 22.5 Å². The summed E-state index contributed by atoms with van der Waals surface area (Å²) in [4.78, 5) is 50.7. The molecule has 242 valence electrons. The molecule has 0 aliphatic rings. The highest BCUT2D eigenvalue weighted by atomic mass is 32.2. The summed E-state index contributed by atoms with van der Waals surface area (Å²) < 4.78 is 25.0. The molecule has 3 atom stereocenters. The largest absolute Gasteiger partial charge is 0.480 e. The molecule has 0 saturated carbocycles. The minimum absolute atomic E-state index is 0.0378. The lowest BCUT2D eigenvalue weighted by molar-refractivity contribution is -0.142. The predicted octanol–water partition coefficient (Wildman–Crippen LogP) is 3.85. The summed E-state index contributed by atoms with van der Waals surface area (Å²) in [6.07, 6.45) is 1.08. The van der Waals surface area contributed by atoms with Gasteiger partial charge in [0, 0.05) is 18.1 Å². The number of sulfone groups is 1. The number of ether oxygens (including phenoxy) is 1. The van der Waals surface area contributed by atoms with E-state index in [0.717, 1.165) is 22.8 Å². The lowest BCUT2D eigenvalue weighted by Gasteiger charge is -2.26. The summed E-state index contributed by atoms with van der Waals surface area (Å²) in [7, 11) is -2.90. The first-order valence-corrected chi connectivity index (χ1v) is 16.2. The molecule has 3 amide bonds. The van der Waals surface area contributed by atoms with Crippen molar-refractivity contribution in [3.8, 4) is 0 Å². The Morgan fingerprint density at radius 2 is 1.18 bits per heavy atom. The second-order valence-electron chi connectivity index (χ2n) is 11.2. The first kappa shape index (κ1) is 37.8. The molecule has 4 N–H and O–H groups in total. The molecule has 0 aliphatic heterocycles. The molecule has 0 saturated heterocycles. The van der Waals surface area contributed by atoms with Gasteiger partial charge in [0.2, 0.25) is 11.8 Å². The van der Waals surface area contributed by atoms with Gasteiger partial charge in [-0.05, 0) is 35.8 Å². The number of hydrogen-bond donors (Lipinski definition) is 4. The lowest BCUT2D eigenvalue weighted by Crippen LogP contribution is -2.56. The Labute approximate surface area is 260 Å². The molecule has 2 aromatic rings. The van der Waals surface area contributed by atoms with Crippen LogP contribution in [0.4, 0.5) is 4.79 Å². The van der Waals surface area contributed by atoms with Crippen molar-refractivity contribution < 1.29 is 37.4 Å². The maximum absolute atomic E-state index is 13.2. The molecule has 2 rings (SSSR count). The average Bonchev–Trinajstić information content (AvgIpc) is 2.95. The van der Waals surface area contributed by atoms with Crippen LogP contribution in [0.25, 0.3) is 0 Å². The van der Waals surface area contributed by atoms with E-state index in [4.69, 9.17) is 4.74 Å². The molecular formula is C32H45N3O8S. The molecule has 0 aliphatic carbocycles. The minimum atomic E-state index is -2.90. The van der Waals surface area contributed by atoms with Crippen LogP contribution in [0, 0.1) is 11.8 Å². The summed E-state index contributed by atoms with van der Waals surface area (Å²) in [6.45, 7) is 10.7. The van der Waals surface area contributed by atoms with Crippen LogP contribution in [0.1, 0.15) is 51.7 Å². The van der Waals surface area contributed by atoms with Crippen molar-refractivity contribution in [1.29, 1.82) is 0 Å². The van der Waals surface area contributed by atoms with Gasteiger partial charge in [0.15, 0.2) is 9.84 Å². The highest BCUT2D eigenvalue weighted by molar-refractivity contribution is 7.93. The maximum atomic E-state index is 13.2. The van der Waals surface area contributed by atoms with Crippen LogP contribution >= 0.6 is 0 Å². The minimum Gasteiger partial charge on any atom is -0.480 e. The van der Waals surface area contributed by atoms with E-state index in [0.29, 0.717) is 12.8 Å². The van der Waals surface area contributed by atoms with Gasteiger partial charge in [-0.2, -0.15) is 0 Å². The zero-order chi connectivity index (χ0) is 33.3. The van der Waals surface area contributed by atoms with Crippen molar-refractivity contribution in [3.05, 3.63) is 83.8 Å². The van der Waals surface area contributed by atoms with Gasteiger partial charge >= 0.3 is 12.1 Å². The van der Waals surface area contributed by atoms with Crippen molar-refractivity contribution in [2.45, 2.75) is 71.7 Å². The highest BCUT2D eigenvalue weighted by Crippen LogP contribution is 2.11. The van der Waals surface area contributed by atoms with Gasteiger partial charge in [0.05, 0.1) is 0 Å². The zero-order valence-corrected chi connectivity index (χ0v) is 26.8. The normalized spacial score (nSPS) is 13.0. The van der Waals surface area contributed by atoms with Crippen molar-refractivity contribution in [2.24, 2.45) is 11.8 Å². The molecule has 44 heavy (non-hydrogen) atoms. The number of amides is 3. The van der Waals surface area contributed by atoms with E-state index in [1.54, 1.807) is 24.3 Å². The Morgan fingerprint density at radius 3 is 1.59 bits per heavy atom. The number of carboxylic acids is 1. The fourth-order valence-corrected chi connectivity index (χ4v) is 3.91. The van der Waals surface area contributed by atoms with Crippen LogP contribution < -0.4 is 16.0 Å². The lowest BCUT2D eigenvalue weighted by atomic mass is 9.99. The Morgan fingerprint density at radius 1 is 0.773 bits per heavy atom. The molecule has 0 bridgehead atoms. The number of carbonyl (C=O) groups is 4. The average molecular weight is 632 g/mol. The smallest absolute Gasteiger partial charge is 0.408 e. The van der Waals surface area contributed by atoms with Crippen LogP contribution in [0.2, 0.25) is 0 Å². The number of rotatable bonds is 15. The number of hydrogen-bond acceptors (Lipinski definition) is 7. The molecule has 12 heteroatoms. The van der Waals surface area contributed by atoms with Crippen molar-refractivity contribution >= 4 is 33.7 Å². The third kappa shape index (κ3) is 16.4. The molecule has 0 unspecified atom stereocenters. The molecule has 0 radical (unpaired) electrons. The third-order valence-corrected chi connectivity index (χ3v) is 6.67. The fourth-order valence-electron chi connectivity index (χ4n) is 3.91. The number of carboxylic acid groups (broad SMARTS) is 1. The molecule has 0 aromatic heterocycles. The van der Waals surface area contributed by atoms with Crippen molar-refractivity contribution in [1.82, 2.24) is 16.0 Å². The topological polar surface area (TPSA) is 168 Å². The summed E-state index contributed by atoms with van der Waals surface area (Å²) in [5.41, 5.74) is 1.57. The van der Waals surface area contributed by atoms with E-state index in [9.17, 15) is 32.7 Å². The van der Waals surface area contributed by atoms with Crippen LogP contribution in [-0.4, -0.2) is 61.8 Å². The Hall–Kier alpha value is -4.19.